The van der Waals surface area contributed by atoms with Crippen molar-refractivity contribution >= 4 is 50.0 Å². The minimum atomic E-state index is -4.07. The number of anilines is 2. The zero-order valence-electron chi connectivity index (χ0n) is 17.0. The number of carbonyl (C=O) groups excluding carboxylic acids is 1. The van der Waals surface area contributed by atoms with Gasteiger partial charge in [-0.15, -0.1) is 22.7 Å². The van der Waals surface area contributed by atoms with Crippen LogP contribution in [0.25, 0.3) is 9.88 Å². The number of carbonyl (C=O) groups is 1. The van der Waals surface area contributed by atoms with Crippen molar-refractivity contribution in [3.63, 3.8) is 0 Å². The Morgan fingerprint density at radius 3 is 2.56 bits per heavy atom. The van der Waals surface area contributed by atoms with Crippen molar-refractivity contribution in [2.24, 2.45) is 0 Å². The lowest BCUT2D eigenvalue weighted by Crippen LogP contribution is -2.16. The molecule has 164 valence electrons. The van der Waals surface area contributed by atoms with E-state index < -0.39 is 15.8 Å². The van der Waals surface area contributed by atoms with Gasteiger partial charge in [0.2, 0.25) is 0 Å². The summed E-state index contributed by atoms with van der Waals surface area (Å²) >= 11 is 2.81. The molecule has 0 saturated carbocycles. The number of aromatic nitrogens is 1. The third kappa shape index (κ3) is 4.57. The summed E-state index contributed by atoms with van der Waals surface area (Å²) in [6.07, 6.45) is 0. The van der Waals surface area contributed by atoms with E-state index in [1.807, 2.05) is 17.5 Å². The number of amides is 1. The number of halogens is 1. The molecule has 0 aliphatic heterocycles. The van der Waals surface area contributed by atoms with Crippen LogP contribution in [-0.2, 0) is 10.0 Å². The quantitative estimate of drug-likeness (QED) is 0.366. The topological polar surface area (TPSA) is 88.2 Å². The number of nitrogens with zero attached hydrogens (tertiary/aromatic N) is 1. The van der Waals surface area contributed by atoms with Gasteiger partial charge in [0.1, 0.15) is 15.7 Å². The van der Waals surface area contributed by atoms with Crippen molar-refractivity contribution in [2.45, 2.75) is 18.7 Å². The molecule has 0 atom stereocenters. The Bertz CT molecular complexity index is 1400. The molecule has 0 saturated heterocycles. The van der Waals surface area contributed by atoms with Crippen LogP contribution in [0.3, 0.4) is 0 Å². The number of hydrogen-bond donors (Lipinski definition) is 2. The van der Waals surface area contributed by atoms with Crippen LogP contribution in [0, 0.1) is 19.7 Å². The third-order valence-corrected chi connectivity index (χ3v) is 8.29. The molecule has 4 aromatic rings. The summed E-state index contributed by atoms with van der Waals surface area (Å²) in [6.45, 7) is 3.38. The van der Waals surface area contributed by atoms with Crippen LogP contribution in [0.4, 0.5) is 15.8 Å². The summed E-state index contributed by atoms with van der Waals surface area (Å²) in [6, 6.07) is 13.9. The van der Waals surface area contributed by atoms with Gasteiger partial charge in [0.15, 0.2) is 0 Å². The summed E-state index contributed by atoms with van der Waals surface area (Å²) in [7, 11) is -4.07. The first kappa shape index (κ1) is 22.1. The first-order valence-electron chi connectivity index (χ1n) is 9.45. The normalized spacial score (nSPS) is 11.3. The predicted molar refractivity (Wildman–Crippen MR) is 127 cm³/mol. The number of sulfonamides is 1. The van der Waals surface area contributed by atoms with E-state index in [0.717, 1.165) is 9.88 Å². The number of hydrogen-bond acceptors (Lipinski definition) is 6. The maximum atomic E-state index is 13.9. The standard InChI is InChI=1S/C22H18FN3O3S3/c1-13-9-10-15(12-19(13)32(28,29)26-17-7-4-3-6-16(17)23)25-21(27)20-14(2)24-22(31-20)18-8-5-11-30-18/h3-12,26H,1-2H3,(H,25,27). The molecule has 0 fully saturated rings. The molecule has 0 bridgehead atoms. The SMILES string of the molecule is Cc1ccc(NC(=O)c2sc(-c3cccs3)nc2C)cc1S(=O)(=O)Nc1ccccc1F. The van der Waals surface area contributed by atoms with E-state index in [-0.39, 0.29) is 16.5 Å². The lowest BCUT2D eigenvalue weighted by molar-refractivity contribution is 0.102. The van der Waals surface area contributed by atoms with Gasteiger partial charge in [-0.25, -0.2) is 17.8 Å². The van der Waals surface area contributed by atoms with Gasteiger partial charge in [-0.1, -0.05) is 24.3 Å². The van der Waals surface area contributed by atoms with Crippen LogP contribution in [-0.4, -0.2) is 19.3 Å². The number of thiophene rings is 1. The smallest absolute Gasteiger partial charge is 0.267 e. The van der Waals surface area contributed by atoms with Crippen LogP contribution in [0.1, 0.15) is 20.9 Å². The van der Waals surface area contributed by atoms with Gasteiger partial charge in [-0.05, 0) is 55.1 Å². The van der Waals surface area contributed by atoms with Crippen LogP contribution in [0.2, 0.25) is 0 Å². The number of nitrogens with one attached hydrogen (secondary N) is 2. The number of aryl methyl sites for hydroxylation is 2. The van der Waals surface area contributed by atoms with Gasteiger partial charge in [0.25, 0.3) is 15.9 Å². The lowest BCUT2D eigenvalue weighted by atomic mass is 10.2. The summed E-state index contributed by atoms with van der Waals surface area (Å²) in [4.78, 5) is 18.7. The van der Waals surface area contributed by atoms with Crippen LogP contribution in [0.15, 0.2) is 64.9 Å². The van der Waals surface area contributed by atoms with Crippen molar-refractivity contribution in [1.82, 2.24) is 4.98 Å². The maximum Gasteiger partial charge on any atom is 0.267 e. The highest BCUT2D eigenvalue weighted by molar-refractivity contribution is 7.92. The number of rotatable bonds is 6. The van der Waals surface area contributed by atoms with Gasteiger partial charge < -0.3 is 5.32 Å². The fraction of sp³-hybridized carbons (Fsp3) is 0.0909. The highest BCUT2D eigenvalue weighted by Crippen LogP contribution is 2.32. The Labute approximate surface area is 192 Å². The van der Waals surface area contributed by atoms with E-state index in [1.54, 1.807) is 26.0 Å². The molecule has 0 aliphatic carbocycles. The molecule has 32 heavy (non-hydrogen) atoms. The molecule has 4 rings (SSSR count). The molecule has 0 spiro atoms. The first-order valence-corrected chi connectivity index (χ1v) is 12.6. The number of benzene rings is 2. The third-order valence-electron chi connectivity index (χ3n) is 4.59. The molecule has 2 aromatic carbocycles. The minimum absolute atomic E-state index is 0.0566. The fourth-order valence-corrected chi connectivity index (χ4v) is 6.11. The molecule has 0 unspecified atom stereocenters. The summed E-state index contributed by atoms with van der Waals surface area (Å²) < 4.78 is 41.9. The van der Waals surface area contributed by atoms with Crippen LogP contribution >= 0.6 is 22.7 Å². The van der Waals surface area contributed by atoms with Gasteiger partial charge in [0.05, 0.1) is 21.2 Å². The molecule has 10 heteroatoms. The second-order valence-corrected chi connectivity index (χ2v) is 10.5. The minimum Gasteiger partial charge on any atom is -0.321 e. The Kier molecular flexibility index (Phi) is 6.09. The second kappa shape index (κ2) is 8.81. The molecule has 0 aliphatic rings. The largest absolute Gasteiger partial charge is 0.321 e. The Morgan fingerprint density at radius 2 is 1.84 bits per heavy atom. The van der Waals surface area contributed by atoms with Crippen molar-refractivity contribution in [1.29, 1.82) is 0 Å². The average molecular weight is 488 g/mol. The maximum absolute atomic E-state index is 13.9. The lowest BCUT2D eigenvalue weighted by Gasteiger charge is -2.13. The van der Waals surface area contributed by atoms with Gasteiger partial charge >= 0.3 is 0 Å². The summed E-state index contributed by atoms with van der Waals surface area (Å²) in [5, 5.41) is 5.43. The zero-order valence-corrected chi connectivity index (χ0v) is 19.5. The van der Waals surface area contributed by atoms with Crippen molar-refractivity contribution < 1.29 is 17.6 Å². The summed E-state index contributed by atoms with van der Waals surface area (Å²) in [5.74, 6) is -1.06. The van der Waals surface area contributed by atoms with Gasteiger partial charge in [-0.3, -0.25) is 9.52 Å². The van der Waals surface area contributed by atoms with Crippen molar-refractivity contribution in [2.75, 3.05) is 10.0 Å². The van der Waals surface area contributed by atoms with E-state index in [0.29, 0.717) is 21.8 Å². The van der Waals surface area contributed by atoms with Crippen molar-refractivity contribution in [3.05, 3.63) is 81.9 Å². The van der Waals surface area contributed by atoms with Crippen LogP contribution < -0.4 is 10.0 Å². The molecule has 1 amide bonds. The first-order chi connectivity index (χ1) is 15.2. The van der Waals surface area contributed by atoms with Crippen molar-refractivity contribution in [3.8, 4) is 9.88 Å². The summed E-state index contributed by atoms with van der Waals surface area (Å²) in [5.41, 5.74) is 1.21. The van der Waals surface area contributed by atoms with Crippen LogP contribution in [0.5, 0.6) is 0 Å². The Hall–Kier alpha value is -3.08. The monoisotopic (exact) mass is 487 g/mol. The number of para-hydroxylation sites is 1. The highest BCUT2D eigenvalue weighted by atomic mass is 32.2. The second-order valence-electron chi connectivity index (χ2n) is 6.93. The molecule has 6 nitrogen and oxygen atoms in total. The Morgan fingerprint density at radius 1 is 1.06 bits per heavy atom. The zero-order chi connectivity index (χ0) is 22.9. The van der Waals surface area contributed by atoms with E-state index in [1.165, 1.54) is 53.0 Å². The van der Waals surface area contributed by atoms with Gasteiger partial charge in [-0.2, -0.15) is 0 Å². The van der Waals surface area contributed by atoms with E-state index in [4.69, 9.17) is 0 Å². The van der Waals surface area contributed by atoms with Gasteiger partial charge in [0, 0.05) is 5.69 Å². The van der Waals surface area contributed by atoms with E-state index >= 15 is 0 Å². The average Bonchev–Trinajstić information content (AvgIpc) is 3.40. The molecule has 2 N–H and O–H groups in total. The molecular weight excluding hydrogens is 469 g/mol. The fourth-order valence-electron chi connectivity index (χ4n) is 3.01. The van der Waals surface area contributed by atoms with E-state index in [9.17, 15) is 17.6 Å². The predicted octanol–water partition coefficient (Wildman–Crippen LogP) is 5.68. The Balaban J connectivity index is 1.59. The molecule has 0 radical (unpaired) electrons. The number of thiazole rings is 1. The molecule has 2 aromatic heterocycles. The van der Waals surface area contributed by atoms with E-state index in [2.05, 4.69) is 15.0 Å². The molecular formula is C22H18FN3O3S3. The highest BCUT2D eigenvalue weighted by Gasteiger charge is 2.21. The molecule has 2 heterocycles.